The largest absolute Gasteiger partial charge is 0.334 e. The van der Waals surface area contributed by atoms with E-state index in [-0.39, 0.29) is 11.8 Å². The quantitative estimate of drug-likeness (QED) is 0.609. The zero-order valence-corrected chi connectivity index (χ0v) is 16.2. The number of amides is 1. The van der Waals surface area contributed by atoms with Gasteiger partial charge < -0.3 is 9.42 Å². The summed E-state index contributed by atoms with van der Waals surface area (Å²) < 4.78 is 5.46. The molecule has 0 spiro atoms. The molecule has 2 heterocycles. The van der Waals surface area contributed by atoms with E-state index in [1.54, 1.807) is 11.8 Å². The van der Waals surface area contributed by atoms with Gasteiger partial charge in [0.05, 0.1) is 0 Å². The molecule has 1 aromatic heterocycles. The van der Waals surface area contributed by atoms with Crippen LogP contribution in [0.4, 0.5) is 5.69 Å². The molecule has 1 atom stereocenters. The van der Waals surface area contributed by atoms with Crippen molar-refractivity contribution in [1.29, 1.82) is 0 Å². The maximum absolute atomic E-state index is 12.5. The predicted octanol–water partition coefficient (Wildman–Crippen LogP) is 4.54. The summed E-state index contributed by atoms with van der Waals surface area (Å²) in [4.78, 5) is 20.0. The lowest BCUT2D eigenvalue weighted by molar-refractivity contribution is -0.117. The average molecular weight is 379 g/mol. The maximum atomic E-state index is 12.5. The number of rotatable bonds is 5. The molecule has 0 bridgehead atoms. The highest BCUT2D eigenvalue weighted by atomic mass is 32.2. The van der Waals surface area contributed by atoms with E-state index in [9.17, 15) is 4.79 Å². The van der Waals surface area contributed by atoms with Gasteiger partial charge in [-0.3, -0.25) is 4.79 Å². The summed E-state index contributed by atoms with van der Waals surface area (Å²) in [5, 5.41) is 4.14. The van der Waals surface area contributed by atoms with Crippen molar-refractivity contribution < 1.29 is 9.32 Å². The van der Waals surface area contributed by atoms with Crippen LogP contribution in [0.2, 0.25) is 0 Å². The van der Waals surface area contributed by atoms with E-state index in [0.29, 0.717) is 24.7 Å². The Hall–Kier alpha value is -2.60. The van der Waals surface area contributed by atoms with Crippen LogP contribution in [0, 0.1) is 0 Å². The minimum absolute atomic E-state index is 0.0529. The summed E-state index contributed by atoms with van der Waals surface area (Å²) in [5.74, 6) is 1.14. The zero-order valence-electron chi connectivity index (χ0n) is 15.4. The van der Waals surface area contributed by atoms with E-state index in [2.05, 4.69) is 29.2 Å². The fourth-order valence-electron chi connectivity index (χ4n) is 3.31. The fourth-order valence-corrected chi connectivity index (χ4v) is 3.76. The van der Waals surface area contributed by atoms with Crippen LogP contribution < -0.4 is 4.90 Å². The van der Waals surface area contributed by atoms with Gasteiger partial charge in [-0.05, 0) is 48.6 Å². The smallest absolute Gasteiger partial charge is 0.257 e. The number of carbonyl (C=O) groups excluding carboxylic acids is 1. The van der Waals surface area contributed by atoms with Crippen molar-refractivity contribution in [2.45, 2.75) is 30.6 Å². The molecule has 2 aromatic carbocycles. The van der Waals surface area contributed by atoms with Crippen molar-refractivity contribution >= 4 is 23.4 Å². The Morgan fingerprint density at radius 1 is 1.22 bits per heavy atom. The topological polar surface area (TPSA) is 59.2 Å². The van der Waals surface area contributed by atoms with Gasteiger partial charge in [0.1, 0.15) is 0 Å². The summed E-state index contributed by atoms with van der Waals surface area (Å²) in [6.07, 6.45) is 3.42. The lowest BCUT2D eigenvalue weighted by Gasteiger charge is -2.16. The Balaban J connectivity index is 1.53. The summed E-state index contributed by atoms with van der Waals surface area (Å²) in [6, 6.07) is 16.2. The molecule has 4 rings (SSSR count). The lowest BCUT2D eigenvalue weighted by Crippen LogP contribution is -2.24. The number of anilines is 1. The molecule has 1 saturated heterocycles. The number of carbonyl (C=O) groups is 1. The third kappa shape index (κ3) is 3.62. The Labute approximate surface area is 162 Å². The first-order chi connectivity index (χ1) is 13.2. The van der Waals surface area contributed by atoms with Crippen LogP contribution in [0.3, 0.4) is 0 Å². The molecule has 138 valence electrons. The van der Waals surface area contributed by atoms with Gasteiger partial charge in [0, 0.05) is 35.0 Å². The number of hydrogen-bond donors (Lipinski definition) is 0. The standard InChI is InChI=1S/C21H21N3O2S/c1-3-14-7-9-15(10-8-14)21-22-20(23-26-21)16-11-19(25)24(13-16)17-5-4-6-18(12-17)27-2/h4-10,12,16H,3,11,13H2,1-2H3. The van der Waals surface area contributed by atoms with Crippen LogP contribution in [-0.2, 0) is 11.2 Å². The van der Waals surface area contributed by atoms with Crippen molar-refractivity contribution in [1.82, 2.24) is 10.1 Å². The molecule has 5 nitrogen and oxygen atoms in total. The molecule has 0 radical (unpaired) electrons. The Bertz CT molecular complexity index is 952. The molecule has 6 heteroatoms. The molecule has 0 N–H and O–H groups in total. The van der Waals surface area contributed by atoms with Gasteiger partial charge in [0.2, 0.25) is 5.91 Å². The van der Waals surface area contributed by atoms with E-state index in [0.717, 1.165) is 22.6 Å². The number of hydrogen-bond acceptors (Lipinski definition) is 5. The van der Waals surface area contributed by atoms with Crippen molar-refractivity contribution in [3.63, 3.8) is 0 Å². The Morgan fingerprint density at radius 2 is 2.04 bits per heavy atom. The van der Waals surface area contributed by atoms with Crippen molar-refractivity contribution in [3.8, 4) is 11.5 Å². The molecule has 27 heavy (non-hydrogen) atoms. The number of aromatic nitrogens is 2. The SMILES string of the molecule is CCc1ccc(-c2nc(C3CC(=O)N(c4cccc(SC)c4)C3)no2)cc1. The van der Waals surface area contributed by atoms with Gasteiger partial charge in [0.25, 0.3) is 5.89 Å². The maximum Gasteiger partial charge on any atom is 0.257 e. The second-order valence-electron chi connectivity index (χ2n) is 6.62. The number of nitrogens with zero attached hydrogens (tertiary/aromatic N) is 3. The number of thioether (sulfide) groups is 1. The molecule has 1 aliphatic rings. The molecule has 1 amide bonds. The highest BCUT2D eigenvalue weighted by Crippen LogP contribution is 2.33. The third-order valence-corrected chi connectivity index (χ3v) is 5.63. The molecular weight excluding hydrogens is 358 g/mol. The summed E-state index contributed by atoms with van der Waals surface area (Å²) in [5.41, 5.74) is 3.09. The van der Waals surface area contributed by atoms with Crippen LogP contribution in [0.15, 0.2) is 57.9 Å². The molecule has 1 unspecified atom stereocenters. The molecule has 1 fully saturated rings. The highest BCUT2D eigenvalue weighted by Gasteiger charge is 2.34. The van der Waals surface area contributed by atoms with Crippen LogP contribution in [-0.4, -0.2) is 28.8 Å². The normalized spacial score (nSPS) is 16.9. The molecular formula is C21H21N3O2S. The van der Waals surface area contributed by atoms with E-state index in [1.165, 1.54) is 5.56 Å². The van der Waals surface area contributed by atoms with Gasteiger partial charge in [0.15, 0.2) is 5.82 Å². The molecule has 0 saturated carbocycles. The first-order valence-corrected chi connectivity index (χ1v) is 10.3. The van der Waals surface area contributed by atoms with E-state index >= 15 is 0 Å². The van der Waals surface area contributed by atoms with Crippen LogP contribution in [0.25, 0.3) is 11.5 Å². The molecule has 0 aliphatic carbocycles. The summed E-state index contributed by atoms with van der Waals surface area (Å²) in [6.45, 7) is 2.70. The number of benzene rings is 2. The third-order valence-electron chi connectivity index (χ3n) is 4.91. The predicted molar refractivity (Wildman–Crippen MR) is 107 cm³/mol. The monoisotopic (exact) mass is 379 g/mol. The highest BCUT2D eigenvalue weighted by molar-refractivity contribution is 7.98. The summed E-state index contributed by atoms with van der Waals surface area (Å²) in [7, 11) is 0. The van der Waals surface area contributed by atoms with Crippen molar-refractivity contribution in [3.05, 3.63) is 59.9 Å². The van der Waals surface area contributed by atoms with E-state index in [4.69, 9.17) is 4.52 Å². The van der Waals surface area contributed by atoms with Gasteiger partial charge in [-0.2, -0.15) is 4.98 Å². The Kier molecular flexibility index (Phi) is 4.99. The van der Waals surface area contributed by atoms with E-state index < -0.39 is 0 Å². The average Bonchev–Trinajstić information content (AvgIpc) is 3.35. The molecule has 1 aliphatic heterocycles. The van der Waals surface area contributed by atoms with Crippen LogP contribution in [0.5, 0.6) is 0 Å². The second-order valence-corrected chi connectivity index (χ2v) is 7.49. The minimum atomic E-state index is -0.0529. The minimum Gasteiger partial charge on any atom is -0.334 e. The van der Waals surface area contributed by atoms with Gasteiger partial charge in [-0.25, -0.2) is 0 Å². The first kappa shape index (κ1) is 17.8. The van der Waals surface area contributed by atoms with Gasteiger partial charge in [-0.15, -0.1) is 11.8 Å². The Morgan fingerprint density at radius 3 is 2.78 bits per heavy atom. The van der Waals surface area contributed by atoms with Crippen molar-refractivity contribution in [2.75, 3.05) is 17.7 Å². The molecule has 3 aromatic rings. The lowest BCUT2D eigenvalue weighted by atomic mass is 10.1. The summed E-state index contributed by atoms with van der Waals surface area (Å²) >= 11 is 1.67. The number of aryl methyl sites for hydroxylation is 1. The van der Waals surface area contributed by atoms with Crippen LogP contribution in [0.1, 0.15) is 30.7 Å². The van der Waals surface area contributed by atoms with Crippen LogP contribution >= 0.6 is 11.8 Å². The van der Waals surface area contributed by atoms with Gasteiger partial charge >= 0.3 is 0 Å². The van der Waals surface area contributed by atoms with Crippen molar-refractivity contribution in [2.24, 2.45) is 0 Å². The zero-order chi connectivity index (χ0) is 18.8. The van der Waals surface area contributed by atoms with E-state index in [1.807, 2.05) is 47.6 Å². The fraction of sp³-hybridized carbons (Fsp3) is 0.286. The first-order valence-electron chi connectivity index (χ1n) is 9.05. The van der Waals surface area contributed by atoms with Gasteiger partial charge in [-0.1, -0.05) is 30.3 Å². The second kappa shape index (κ2) is 7.56.